The molecule has 0 fully saturated rings. The summed E-state index contributed by atoms with van der Waals surface area (Å²) in [5.74, 6) is 0.0348. The summed E-state index contributed by atoms with van der Waals surface area (Å²) in [5.41, 5.74) is 0.684. The number of benzene rings is 1. The molecule has 0 bridgehead atoms. The van der Waals surface area contributed by atoms with Crippen LogP contribution in [0.25, 0.3) is 11.6 Å². The zero-order valence-electron chi connectivity index (χ0n) is 12.2. The van der Waals surface area contributed by atoms with Crippen molar-refractivity contribution in [3.63, 3.8) is 0 Å². The quantitative estimate of drug-likeness (QED) is 0.291. The third kappa shape index (κ3) is 3.63. The molecule has 0 N–H and O–H groups in total. The van der Waals surface area contributed by atoms with Gasteiger partial charge in [-0.2, -0.15) is 0 Å². The molecule has 0 aliphatic heterocycles. The van der Waals surface area contributed by atoms with Crippen molar-refractivity contribution in [2.45, 2.75) is 5.22 Å². The number of carbonyl (C=O) groups excluding carboxylic acids is 1. The number of hydrogen-bond acceptors (Lipinski definition) is 8. The summed E-state index contributed by atoms with van der Waals surface area (Å²) in [6, 6.07) is 10.9. The first-order chi connectivity index (χ1) is 11.6. The van der Waals surface area contributed by atoms with E-state index in [0.717, 1.165) is 11.8 Å². The van der Waals surface area contributed by atoms with E-state index in [4.69, 9.17) is 4.42 Å². The molecule has 0 spiro atoms. The zero-order chi connectivity index (χ0) is 16.9. The largest absolute Gasteiger partial charge is 0.410 e. The number of ketones is 1. The molecule has 24 heavy (non-hydrogen) atoms. The normalized spacial score (nSPS) is 10.5. The Labute approximate surface area is 140 Å². The Bertz CT molecular complexity index is 882. The van der Waals surface area contributed by atoms with Gasteiger partial charge in [-0.15, -0.1) is 10.2 Å². The highest BCUT2D eigenvalue weighted by atomic mass is 32.2. The maximum absolute atomic E-state index is 12.1. The molecule has 0 radical (unpaired) electrons. The van der Waals surface area contributed by atoms with Crippen LogP contribution in [-0.2, 0) is 0 Å². The zero-order valence-corrected chi connectivity index (χ0v) is 13.0. The van der Waals surface area contributed by atoms with Gasteiger partial charge in [-0.05, 0) is 12.1 Å². The average molecular weight is 342 g/mol. The number of thioether (sulfide) groups is 1. The van der Waals surface area contributed by atoms with E-state index < -0.39 is 4.92 Å². The van der Waals surface area contributed by atoms with E-state index in [9.17, 15) is 14.9 Å². The van der Waals surface area contributed by atoms with Gasteiger partial charge in [0.1, 0.15) is 5.69 Å². The number of Topliss-reactive ketones (excluding diaryl/α,β-unsaturated/α-hetero) is 1. The molecule has 1 aromatic carbocycles. The first kappa shape index (κ1) is 15.8. The van der Waals surface area contributed by atoms with Crippen LogP contribution in [0.1, 0.15) is 10.4 Å². The van der Waals surface area contributed by atoms with Crippen LogP contribution in [-0.4, -0.2) is 31.6 Å². The molecule has 9 heteroatoms. The predicted octanol–water partition coefficient (Wildman–Crippen LogP) is 3.01. The highest BCUT2D eigenvalue weighted by molar-refractivity contribution is 7.99. The molecule has 3 rings (SSSR count). The van der Waals surface area contributed by atoms with Crippen molar-refractivity contribution in [1.29, 1.82) is 0 Å². The summed E-state index contributed by atoms with van der Waals surface area (Å²) in [6.45, 7) is 0. The van der Waals surface area contributed by atoms with Crippen LogP contribution in [0.3, 0.4) is 0 Å². The Morgan fingerprint density at radius 2 is 2.08 bits per heavy atom. The van der Waals surface area contributed by atoms with Gasteiger partial charge in [-0.1, -0.05) is 30.0 Å². The van der Waals surface area contributed by atoms with Crippen molar-refractivity contribution >= 4 is 23.2 Å². The number of aromatic nitrogens is 3. The van der Waals surface area contributed by atoms with Crippen molar-refractivity contribution in [2.75, 3.05) is 5.75 Å². The third-order valence-corrected chi connectivity index (χ3v) is 3.81. The van der Waals surface area contributed by atoms with Crippen LogP contribution in [0.4, 0.5) is 5.69 Å². The number of non-ortho nitro benzene ring substituents is 1. The average Bonchev–Trinajstić information content (AvgIpc) is 3.09. The second-order valence-corrected chi connectivity index (χ2v) is 5.53. The Hall–Kier alpha value is -3.07. The molecular weight excluding hydrogens is 332 g/mol. The molecule has 3 aromatic rings. The Kier molecular flexibility index (Phi) is 4.62. The molecule has 0 aliphatic rings. The van der Waals surface area contributed by atoms with Gasteiger partial charge in [0.15, 0.2) is 5.78 Å². The Morgan fingerprint density at radius 1 is 1.21 bits per heavy atom. The fourth-order valence-electron chi connectivity index (χ4n) is 1.86. The lowest BCUT2D eigenvalue weighted by atomic mass is 10.1. The summed E-state index contributed by atoms with van der Waals surface area (Å²) in [4.78, 5) is 26.4. The summed E-state index contributed by atoms with van der Waals surface area (Å²) in [6.07, 6.45) is 1.61. The van der Waals surface area contributed by atoms with Crippen LogP contribution in [0.5, 0.6) is 0 Å². The van der Waals surface area contributed by atoms with Crippen molar-refractivity contribution in [3.8, 4) is 11.6 Å². The monoisotopic (exact) mass is 342 g/mol. The molecule has 2 heterocycles. The van der Waals surface area contributed by atoms with Gasteiger partial charge >= 0.3 is 0 Å². The van der Waals surface area contributed by atoms with Crippen molar-refractivity contribution < 1.29 is 14.1 Å². The number of pyridine rings is 1. The number of hydrogen-bond donors (Lipinski definition) is 0. The number of rotatable bonds is 6. The molecule has 120 valence electrons. The Morgan fingerprint density at radius 3 is 2.83 bits per heavy atom. The number of nitrogens with zero attached hydrogens (tertiary/aromatic N) is 4. The van der Waals surface area contributed by atoms with Crippen molar-refractivity contribution in [1.82, 2.24) is 15.2 Å². The van der Waals surface area contributed by atoms with E-state index in [2.05, 4.69) is 15.2 Å². The number of nitro groups is 1. The summed E-state index contributed by atoms with van der Waals surface area (Å²) in [5, 5.41) is 18.7. The molecule has 0 atom stereocenters. The molecule has 0 aliphatic carbocycles. The first-order valence-electron chi connectivity index (χ1n) is 6.79. The summed E-state index contributed by atoms with van der Waals surface area (Å²) >= 11 is 1.07. The number of carbonyl (C=O) groups is 1. The smallest absolute Gasteiger partial charge is 0.277 e. The second kappa shape index (κ2) is 7.01. The van der Waals surface area contributed by atoms with Gasteiger partial charge in [0.25, 0.3) is 16.8 Å². The predicted molar refractivity (Wildman–Crippen MR) is 85.7 cm³/mol. The fraction of sp³-hybridized carbons (Fsp3) is 0.0667. The standard InChI is InChI=1S/C15H10N4O4S/c20-13(10-4-3-5-11(8-10)19(21)22)9-24-15-18-17-14(23-15)12-6-1-2-7-16-12/h1-8H,9H2. The molecule has 2 aromatic heterocycles. The van der Waals surface area contributed by atoms with E-state index in [1.807, 2.05) is 0 Å². The second-order valence-electron chi connectivity index (χ2n) is 4.61. The van der Waals surface area contributed by atoms with Gasteiger partial charge in [-0.3, -0.25) is 19.9 Å². The van der Waals surface area contributed by atoms with Crippen LogP contribution in [0, 0.1) is 10.1 Å². The van der Waals surface area contributed by atoms with Gasteiger partial charge in [0, 0.05) is 23.9 Å². The van der Waals surface area contributed by atoms with Gasteiger partial charge in [-0.25, -0.2) is 0 Å². The SMILES string of the molecule is O=C(CSc1nnc(-c2ccccn2)o1)c1cccc([N+](=O)[O-])c1. The van der Waals surface area contributed by atoms with Gasteiger partial charge < -0.3 is 4.42 Å². The summed E-state index contributed by atoms with van der Waals surface area (Å²) < 4.78 is 5.44. The van der Waals surface area contributed by atoms with Crippen LogP contribution in [0.15, 0.2) is 58.3 Å². The van der Waals surface area contributed by atoms with Crippen molar-refractivity contribution in [3.05, 3.63) is 64.3 Å². The number of nitro benzene ring substituents is 1. The molecule has 8 nitrogen and oxygen atoms in total. The minimum absolute atomic E-state index is 0.0328. The lowest BCUT2D eigenvalue weighted by Gasteiger charge is -1.99. The topological polar surface area (TPSA) is 112 Å². The molecule has 0 saturated heterocycles. The minimum Gasteiger partial charge on any atom is -0.410 e. The maximum Gasteiger partial charge on any atom is 0.277 e. The van der Waals surface area contributed by atoms with Crippen LogP contribution in [0.2, 0.25) is 0 Å². The molecule has 0 amide bonds. The van der Waals surface area contributed by atoms with E-state index in [1.165, 1.54) is 24.3 Å². The van der Waals surface area contributed by atoms with E-state index in [1.54, 1.807) is 24.4 Å². The van der Waals surface area contributed by atoms with Gasteiger partial charge in [0.2, 0.25) is 0 Å². The fourth-order valence-corrected chi connectivity index (χ4v) is 2.52. The molecule has 0 saturated carbocycles. The highest BCUT2D eigenvalue weighted by Crippen LogP contribution is 2.23. The minimum atomic E-state index is -0.541. The van der Waals surface area contributed by atoms with Crippen molar-refractivity contribution in [2.24, 2.45) is 0 Å². The molecule has 0 unspecified atom stereocenters. The third-order valence-electron chi connectivity index (χ3n) is 3.00. The van der Waals surface area contributed by atoms with E-state index >= 15 is 0 Å². The lowest BCUT2D eigenvalue weighted by Crippen LogP contribution is -2.03. The van der Waals surface area contributed by atoms with Crippen LogP contribution >= 0.6 is 11.8 Å². The lowest BCUT2D eigenvalue weighted by molar-refractivity contribution is -0.384. The van der Waals surface area contributed by atoms with Crippen LogP contribution < -0.4 is 0 Å². The van der Waals surface area contributed by atoms with E-state index in [0.29, 0.717) is 5.69 Å². The highest BCUT2D eigenvalue weighted by Gasteiger charge is 2.15. The van der Waals surface area contributed by atoms with Gasteiger partial charge in [0.05, 0.1) is 10.7 Å². The first-order valence-corrected chi connectivity index (χ1v) is 7.77. The van der Waals surface area contributed by atoms with E-state index in [-0.39, 0.29) is 33.9 Å². The summed E-state index contributed by atoms with van der Waals surface area (Å²) in [7, 11) is 0. The molecular formula is C15H10N4O4S. The Balaban J connectivity index is 1.66. The maximum atomic E-state index is 12.1.